The van der Waals surface area contributed by atoms with Crippen molar-refractivity contribution in [2.45, 2.75) is 12.5 Å². The number of hydrogen-bond acceptors (Lipinski definition) is 6. The third kappa shape index (κ3) is 4.13. The van der Waals surface area contributed by atoms with Crippen LogP contribution in [-0.4, -0.2) is 51.9 Å². The van der Waals surface area contributed by atoms with Crippen LogP contribution in [0.25, 0.3) is 11.0 Å². The molecule has 1 amide bonds. The first kappa shape index (κ1) is 21.3. The van der Waals surface area contributed by atoms with Gasteiger partial charge in [0.1, 0.15) is 12.1 Å². The summed E-state index contributed by atoms with van der Waals surface area (Å²) in [5.41, 5.74) is 0.909. The molecule has 3 heterocycles. The Labute approximate surface area is 188 Å². The Morgan fingerprint density at radius 3 is 2.90 bits per heavy atom. The second-order valence-corrected chi connectivity index (χ2v) is 7.82. The number of likely N-dealkylation sites (tertiary alicyclic amines) is 1. The Hall–Kier alpha value is -2.97. The summed E-state index contributed by atoms with van der Waals surface area (Å²) in [5, 5.41) is -0.146. The topological polar surface area (TPSA) is 71.5 Å². The van der Waals surface area contributed by atoms with Crippen molar-refractivity contribution >= 4 is 46.0 Å². The van der Waals surface area contributed by atoms with E-state index in [1.54, 1.807) is 11.0 Å². The fraction of sp³-hybridized carbons (Fsp3) is 0.238. The third-order valence-electron chi connectivity index (χ3n) is 5.20. The van der Waals surface area contributed by atoms with Crippen molar-refractivity contribution in [1.29, 1.82) is 0 Å². The van der Waals surface area contributed by atoms with Gasteiger partial charge in [0, 0.05) is 26.2 Å². The van der Waals surface area contributed by atoms with Gasteiger partial charge >= 0.3 is 0 Å². The molecule has 0 bridgehead atoms. The molecule has 2 aromatic heterocycles. The predicted octanol–water partition coefficient (Wildman–Crippen LogP) is 4.49. The predicted molar refractivity (Wildman–Crippen MR) is 117 cm³/mol. The lowest BCUT2D eigenvalue weighted by atomic mass is 10.2. The fourth-order valence-electron chi connectivity index (χ4n) is 3.44. The second-order valence-electron chi connectivity index (χ2n) is 7.03. The zero-order valence-corrected chi connectivity index (χ0v) is 18.1. The first-order valence-electron chi connectivity index (χ1n) is 9.46. The lowest BCUT2D eigenvalue weighted by Gasteiger charge is -2.26. The summed E-state index contributed by atoms with van der Waals surface area (Å²) in [6, 6.07) is 6.52. The molecule has 1 atom stereocenters. The second kappa shape index (κ2) is 8.64. The number of halogens is 3. The fourth-order valence-corrected chi connectivity index (χ4v) is 3.75. The van der Waals surface area contributed by atoms with E-state index in [1.165, 1.54) is 24.5 Å². The number of ether oxygens (including phenoxy) is 1. The minimum absolute atomic E-state index is 0.0849. The van der Waals surface area contributed by atoms with E-state index < -0.39 is 5.82 Å². The van der Waals surface area contributed by atoms with E-state index in [9.17, 15) is 9.18 Å². The number of fused-ring (bicyclic) bond motifs is 1. The third-order valence-corrected chi connectivity index (χ3v) is 5.98. The number of likely N-dealkylation sites (N-methyl/N-ethyl adjacent to an activating group) is 1. The summed E-state index contributed by atoms with van der Waals surface area (Å²) in [4.78, 5) is 28.6. The molecule has 7 nitrogen and oxygen atoms in total. The quantitative estimate of drug-likeness (QED) is 0.411. The van der Waals surface area contributed by atoms with Gasteiger partial charge in [-0.15, -0.1) is 0 Å². The Kier molecular flexibility index (Phi) is 5.93. The molecule has 10 heteroatoms. The minimum atomic E-state index is -0.785. The van der Waals surface area contributed by atoms with Gasteiger partial charge in [-0.3, -0.25) is 4.79 Å². The van der Waals surface area contributed by atoms with Crippen LogP contribution in [0.5, 0.6) is 11.6 Å². The molecule has 0 spiro atoms. The summed E-state index contributed by atoms with van der Waals surface area (Å²) < 4.78 is 20.1. The Bertz CT molecular complexity index is 1180. The molecule has 1 aliphatic heterocycles. The van der Waals surface area contributed by atoms with Gasteiger partial charge in [-0.1, -0.05) is 29.8 Å². The van der Waals surface area contributed by atoms with Crippen molar-refractivity contribution in [1.82, 2.24) is 19.9 Å². The molecule has 0 unspecified atom stereocenters. The van der Waals surface area contributed by atoms with E-state index in [0.717, 1.165) is 6.42 Å². The summed E-state index contributed by atoms with van der Waals surface area (Å²) in [6.07, 6.45) is 3.44. The van der Waals surface area contributed by atoms with Crippen LogP contribution in [-0.2, 0) is 4.79 Å². The van der Waals surface area contributed by atoms with Gasteiger partial charge in [0.15, 0.2) is 17.1 Å². The van der Waals surface area contributed by atoms with Crippen LogP contribution >= 0.6 is 23.2 Å². The van der Waals surface area contributed by atoms with Crippen LogP contribution in [0.3, 0.4) is 0 Å². The molecule has 31 heavy (non-hydrogen) atoms. The van der Waals surface area contributed by atoms with Crippen molar-refractivity contribution in [2.75, 3.05) is 25.0 Å². The highest BCUT2D eigenvalue weighted by Gasteiger charge is 2.28. The van der Waals surface area contributed by atoms with Crippen molar-refractivity contribution in [3.8, 4) is 11.6 Å². The van der Waals surface area contributed by atoms with Gasteiger partial charge in [0.05, 0.1) is 15.6 Å². The number of aromatic nitrogens is 3. The molecule has 0 N–H and O–H groups in total. The normalized spacial score (nSPS) is 15.9. The molecule has 0 saturated carbocycles. The van der Waals surface area contributed by atoms with Crippen molar-refractivity contribution < 1.29 is 13.9 Å². The highest BCUT2D eigenvalue weighted by molar-refractivity contribution is 6.42. The lowest BCUT2D eigenvalue weighted by molar-refractivity contribution is -0.125. The Balaban J connectivity index is 1.64. The molecular weight excluding hydrogens is 444 g/mol. The number of anilines is 1. The van der Waals surface area contributed by atoms with Gasteiger partial charge < -0.3 is 14.5 Å². The Morgan fingerprint density at radius 2 is 2.13 bits per heavy atom. The minimum Gasteiger partial charge on any atom is -0.434 e. The van der Waals surface area contributed by atoms with Crippen LogP contribution < -0.4 is 9.64 Å². The first-order valence-corrected chi connectivity index (χ1v) is 10.2. The van der Waals surface area contributed by atoms with E-state index in [2.05, 4.69) is 21.5 Å². The molecule has 1 aliphatic rings. The van der Waals surface area contributed by atoms with Gasteiger partial charge in [-0.2, -0.15) is 4.98 Å². The molecule has 4 rings (SSSR count). The number of hydrogen-bond donors (Lipinski definition) is 0. The lowest BCUT2D eigenvalue weighted by Crippen LogP contribution is -2.36. The average molecular weight is 462 g/mol. The molecule has 1 saturated heterocycles. The van der Waals surface area contributed by atoms with Gasteiger partial charge in [0.2, 0.25) is 11.8 Å². The van der Waals surface area contributed by atoms with Crippen LogP contribution in [0.15, 0.2) is 43.2 Å². The van der Waals surface area contributed by atoms with E-state index in [4.69, 9.17) is 27.9 Å². The zero-order valence-electron chi connectivity index (χ0n) is 16.6. The number of carbonyl (C=O) groups excluding carboxylic acids is 1. The molecule has 1 aromatic carbocycles. The van der Waals surface area contributed by atoms with Crippen molar-refractivity contribution in [2.24, 2.45) is 0 Å². The summed E-state index contributed by atoms with van der Waals surface area (Å²) in [7, 11) is 1.91. The number of nitrogens with zero attached hydrogens (tertiary/aromatic N) is 5. The van der Waals surface area contributed by atoms with Crippen molar-refractivity contribution in [3.05, 3.63) is 59.1 Å². The monoisotopic (exact) mass is 461 g/mol. The standard InChI is InChI=1S/C21H18Cl2FN5O2/c1-3-17(30)29-9-8-12(10-29)28(2)16-7-5-14-20(27-16)21(26-11-25-14)31-15-6-4-13(22)18(23)19(15)24/h3-7,11-12H,1,8-10H2,2H3/t12-/m0/s1. The molecule has 1 fully saturated rings. The SMILES string of the molecule is C=CC(=O)N1CC[C@H](N(C)c2ccc3ncnc(Oc4ccc(Cl)c(Cl)c4F)c3n2)C1. The molecule has 160 valence electrons. The highest BCUT2D eigenvalue weighted by Crippen LogP contribution is 2.35. The molecule has 0 radical (unpaired) electrons. The summed E-state index contributed by atoms with van der Waals surface area (Å²) >= 11 is 11.7. The van der Waals surface area contributed by atoms with Crippen LogP contribution in [0.4, 0.5) is 10.2 Å². The van der Waals surface area contributed by atoms with E-state index >= 15 is 0 Å². The number of rotatable bonds is 5. The van der Waals surface area contributed by atoms with Crippen LogP contribution in [0, 0.1) is 5.82 Å². The van der Waals surface area contributed by atoms with E-state index in [0.29, 0.717) is 29.9 Å². The maximum absolute atomic E-state index is 14.4. The van der Waals surface area contributed by atoms with Crippen LogP contribution in [0.1, 0.15) is 6.42 Å². The molecular formula is C21H18Cl2FN5O2. The number of carbonyl (C=O) groups is 1. The van der Waals surface area contributed by atoms with E-state index in [-0.39, 0.29) is 33.6 Å². The van der Waals surface area contributed by atoms with E-state index in [1.807, 2.05) is 18.0 Å². The summed E-state index contributed by atoms with van der Waals surface area (Å²) in [5.74, 6) is -0.251. The van der Waals surface area contributed by atoms with Crippen LogP contribution in [0.2, 0.25) is 10.0 Å². The first-order chi connectivity index (χ1) is 14.9. The number of benzene rings is 1. The van der Waals surface area contributed by atoms with Gasteiger partial charge in [-0.05, 0) is 36.8 Å². The van der Waals surface area contributed by atoms with Gasteiger partial charge in [-0.25, -0.2) is 14.4 Å². The smallest absolute Gasteiger partial charge is 0.249 e. The maximum atomic E-state index is 14.4. The number of amides is 1. The molecule has 0 aliphatic carbocycles. The number of pyridine rings is 1. The highest BCUT2D eigenvalue weighted by atomic mass is 35.5. The van der Waals surface area contributed by atoms with Crippen molar-refractivity contribution in [3.63, 3.8) is 0 Å². The summed E-state index contributed by atoms with van der Waals surface area (Å²) in [6.45, 7) is 4.77. The average Bonchev–Trinajstić information content (AvgIpc) is 3.28. The Morgan fingerprint density at radius 1 is 1.32 bits per heavy atom. The zero-order chi connectivity index (χ0) is 22.1. The largest absolute Gasteiger partial charge is 0.434 e. The molecule has 3 aromatic rings. The van der Waals surface area contributed by atoms with Gasteiger partial charge in [0.25, 0.3) is 0 Å². The maximum Gasteiger partial charge on any atom is 0.249 e.